The van der Waals surface area contributed by atoms with Gasteiger partial charge in [-0.15, -0.1) is 10.2 Å². The van der Waals surface area contributed by atoms with Crippen molar-refractivity contribution in [3.63, 3.8) is 0 Å². The van der Waals surface area contributed by atoms with E-state index < -0.39 is 0 Å². The highest BCUT2D eigenvalue weighted by atomic mass is 16.5. The Kier molecular flexibility index (Phi) is 7.05. The van der Waals surface area contributed by atoms with E-state index in [2.05, 4.69) is 35.9 Å². The molecule has 2 aromatic heterocycles. The van der Waals surface area contributed by atoms with Gasteiger partial charge < -0.3 is 24.2 Å². The van der Waals surface area contributed by atoms with Gasteiger partial charge in [0.2, 0.25) is 5.88 Å². The van der Waals surface area contributed by atoms with Crippen LogP contribution < -0.4 is 14.5 Å². The molecule has 5 heterocycles. The average Bonchev–Trinajstić information content (AvgIpc) is 3.42. The standard InChI is InChI=1S/C24H33N7O3/c1-33-23-17-19(6-7-25-23)24(32)31-14-12-30(13-15-31)22-5-4-21(26-27-22)29-10-8-28(9-11-29)18-20-3-2-16-34-20/h4-7,17,20H,2-3,8-16,18H2,1H3. The van der Waals surface area contributed by atoms with Crippen molar-refractivity contribution < 1.29 is 14.3 Å². The number of carbonyl (C=O) groups excluding carboxylic acids is 1. The lowest BCUT2D eigenvalue weighted by Crippen LogP contribution is -2.49. The van der Waals surface area contributed by atoms with Gasteiger partial charge in [0.25, 0.3) is 5.91 Å². The Morgan fingerprint density at radius 3 is 2.26 bits per heavy atom. The minimum Gasteiger partial charge on any atom is -0.481 e. The zero-order valence-electron chi connectivity index (χ0n) is 19.8. The second-order valence-electron chi connectivity index (χ2n) is 9.04. The van der Waals surface area contributed by atoms with Crippen LogP contribution in [0.25, 0.3) is 0 Å². The molecule has 2 aromatic rings. The number of hydrogen-bond acceptors (Lipinski definition) is 9. The van der Waals surface area contributed by atoms with Crippen molar-refractivity contribution in [3.8, 4) is 5.88 Å². The molecular weight excluding hydrogens is 434 g/mol. The number of nitrogens with zero attached hydrogens (tertiary/aromatic N) is 7. The molecule has 34 heavy (non-hydrogen) atoms. The number of ether oxygens (including phenoxy) is 2. The van der Waals surface area contributed by atoms with Crippen LogP contribution >= 0.6 is 0 Å². The van der Waals surface area contributed by atoms with Crippen LogP contribution in [0.4, 0.5) is 11.6 Å². The van der Waals surface area contributed by atoms with Crippen LogP contribution in [0, 0.1) is 0 Å². The van der Waals surface area contributed by atoms with E-state index in [9.17, 15) is 4.79 Å². The van der Waals surface area contributed by atoms with Gasteiger partial charge in [-0.2, -0.15) is 0 Å². The molecule has 0 spiro atoms. The maximum atomic E-state index is 12.8. The predicted molar refractivity (Wildman–Crippen MR) is 129 cm³/mol. The second kappa shape index (κ2) is 10.5. The van der Waals surface area contributed by atoms with Crippen LogP contribution in [0.15, 0.2) is 30.5 Å². The van der Waals surface area contributed by atoms with Gasteiger partial charge in [0.05, 0.1) is 13.2 Å². The summed E-state index contributed by atoms with van der Waals surface area (Å²) < 4.78 is 10.9. The summed E-state index contributed by atoms with van der Waals surface area (Å²) >= 11 is 0. The van der Waals surface area contributed by atoms with Gasteiger partial charge in [-0.3, -0.25) is 9.69 Å². The third kappa shape index (κ3) is 5.23. The van der Waals surface area contributed by atoms with E-state index in [0.717, 1.165) is 64.1 Å². The Morgan fingerprint density at radius 1 is 1.00 bits per heavy atom. The first-order valence-corrected chi connectivity index (χ1v) is 12.2. The number of aromatic nitrogens is 3. The summed E-state index contributed by atoms with van der Waals surface area (Å²) in [5.41, 5.74) is 0.598. The minimum absolute atomic E-state index is 0.000387. The highest BCUT2D eigenvalue weighted by Gasteiger charge is 2.25. The quantitative estimate of drug-likeness (QED) is 0.621. The van der Waals surface area contributed by atoms with Crippen LogP contribution in [-0.2, 0) is 4.74 Å². The van der Waals surface area contributed by atoms with E-state index in [1.165, 1.54) is 12.8 Å². The van der Waals surface area contributed by atoms with Crippen LogP contribution in [0.5, 0.6) is 5.88 Å². The smallest absolute Gasteiger partial charge is 0.254 e. The molecule has 3 saturated heterocycles. The Hall–Kier alpha value is -2.98. The molecule has 0 bridgehead atoms. The Labute approximate surface area is 200 Å². The molecule has 1 amide bonds. The van der Waals surface area contributed by atoms with Gasteiger partial charge in [-0.05, 0) is 31.0 Å². The molecule has 0 radical (unpaired) electrons. The SMILES string of the molecule is COc1cc(C(=O)N2CCN(c3ccc(N4CCN(CC5CCCO5)CC4)nn3)CC2)ccn1. The van der Waals surface area contributed by atoms with Gasteiger partial charge in [-0.25, -0.2) is 4.98 Å². The number of amides is 1. The molecule has 3 aliphatic rings. The first-order valence-electron chi connectivity index (χ1n) is 12.2. The molecule has 5 rings (SSSR count). The van der Waals surface area contributed by atoms with Crippen molar-refractivity contribution in [1.82, 2.24) is 25.0 Å². The predicted octanol–water partition coefficient (Wildman–Crippen LogP) is 1.14. The van der Waals surface area contributed by atoms with Crippen LogP contribution in [0.2, 0.25) is 0 Å². The molecule has 0 N–H and O–H groups in total. The molecule has 1 atom stereocenters. The number of anilines is 2. The lowest BCUT2D eigenvalue weighted by Gasteiger charge is -2.37. The maximum Gasteiger partial charge on any atom is 0.254 e. The lowest BCUT2D eigenvalue weighted by atomic mass is 10.2. The lowest BCUT2D eigenvalue weighted by molar-refractivity contribution is 0.0712. The summed E-state index contributed by atoms with van der Waals surface area (Å²) in [7, 11) is 1.55. The number of pyridine rings is 1. The van der Waals surface area contributed by atoms with Crippen molar-refractivity contribution >= 4 is 17.5 Å². The van der Waals surface area contributed by atoms with Gasteiger partial charge in [0.15, 0.2) is 11.6 Å². The van der Waals surface area contributed by atoms with Crippen molar-refractivity contribution in [2.24, 2.45) is 0 Å². The van der Waals surface area contributed by atoms with Crippen LogP contribution in [-0.4, -0.2) is 110 Å². The highest BCUT2D eigenvalue weighted by Crippen LogP contribution is 2.20. The number of methoxy groups -OCH3 is 1. The number of carbonyl (C=O) groups is 1. The van der Waals surface area contributed by atoms with E-state index in [4.69, 9.17) is 9.47 Å². The third-order valence-electron chi connectivity index (χ3n) is 6.90. The highest BCUT2D eigenvalue weighted by molar-refractivity contribution is 5.94. The van der Waals surface area contributed by atoms with E-state index >= 15 is 0 Å². The van der Waals surface area contributed by atoms with Crippen LogP contribution in [0.3, 0.4) is 0 Å². The summed E-state index contributed by atoms with van der Waals surface area (Å²) in [5.74, 6) is 2.24. The molecule has 0 saturated carbocycles. The van der Waals surface area contributed by atoms with Gasteiger partial charge in [-0.1, -0.05) is 0 Å². The molecule has 3 fully saturated rings. The molecule has 10 heteroatoms. The number of hydrogen-bond donors (Lipinski definition) is 0. The Morgan fingerprint density at radius 2 is 1.68 bits per heavy atom. The summed E-state index contributed by atoms with van der Waals surface area (Å²) in [6, 6.07) is 7.52. The third-order valence-corrected chi connectivity index (χ3v) is 6.90. The molecule has 0 aliphatic carbocycles. The fraction of sp³-hybridized carbons (Fsp3) is 0.583. The molecule has 3 aliphatic heterocycles. The summed E-state index contributed by atoms with van der Waals surface area (Å²) in [6.07, 6.45) is 4.39. The van der Waals surface area contributed by atoms with Gasteiger partial charge >= 0.3 is 0 Å². The summed E-state index contributed by atoms with van der Waals surface area (Å²) in [5, 5.41) is 9.02. The fourth-order valence-electron chi connectivity index (χ4n) is 4.87. The van der Waals surface area contributed by atoms with E-state index in [1.54, 1.807) is 25.4 Å². The fourth-order valence-corrected chi connectivity index (χ4v) is 4.87. The summed E-state index contributed by atoms with van der Waals surface area (Å²) in [4.78, 5) is 25.8. The van der Waals surface area contributed by atoms with E-state index in [0.29, 0.717) is 30.6 Å². The number of piperazine rings is 2. The van der Waals surface area contributed by atoms with Crippen molar-refractivity contribution in [2.45, 2.75) is 18.9 Å². The van der Waals surface area contributed by atoms with Crippen molar-refractivity contribution in [3.05, 3.63) is 36.0 Å². The normalized spacial score (nSPS) is 21.7. The molecule has 10 nitrogen and oxygen atoms in total. The first kappa shape index (κ1) is 22.8. The Balaban J connectivity index is 1.10. The topological polar surface area (TPSA) is 87.2 Å². The molecule has 182 valence electrons. The van der Waals surface area contributed by atoms with Crippen LogP contribution in [0.1, 0.15) is 23.2 Å². The van der Waals surface area contributed by atoms with Gasteiger partial charge in [0.1, 0.15) is 0 Å². The monoisotopic (exact) mass is 467 g/mol. The number of rotatable bonds is 6. The van der Waals surface area contributed by atoms with E-state index in [-0.39, 0.29) is 5.91 Å². The zero-order valence-corrected chi connectivity index (χ0v) is 19.8. The maximum absolute atomic E-state index is 12.8. The zero-order chi connectivity index (χ0) is 23.3. The van der Waals surface area contributed by atoms with E-state index in [1.807, 2.05) is 11.0 Å². The molecular formula is C24H33N7O3. The second-order valence-corrected chi connectivity index (χ2v) is 9.04. The average molecular weight is 468 g/mol. The largest absolute Gasteiger partial charge is 0.481 e. The molecule has 1 unspecified atom stereocenters. The van der Waals surface area contributed by atoms with Crippen molar-refractivity contribution in [1.29, 1.82) is 0 Å². The van der Waals surface area contributed by atoms with Gasteiger partial charge in [0, 0.05) is 83.3 Å². The summed E-state index contributed by atoms with van der Waals surface area (Å²) in [6.45, 7) is 8.67. The minimum atomic E-state index is 0.000387. The van der Waals surface area contributed by atoms with Crippen molar-refractivity contribution in [2.75, 3.05) is 82.4 Å². The first-order chi connectivity index (χ1) is 16.7. The molecule has 0 aromatic carbocycles. The Bertz CT molecular complexity index is 951.